The topological polar surface area (TPSA) is 69.7 Å². The van der Waals surface area contributed by atoms with Gasteiger partial charge in [0.05, 0.1) is 31.6 Å². The maximum absolute atomic E-state index is 14.2. The first kappa shape index (κ1) is 23.3. The predicted octanol–water partition coefficient (Wildman–Crippen LogP) is 3.98. The molecule has 0 spiro atoms. The third-order valence-corrected chi connectivity index (χ3v) is 8.19. The van der Waals surface area contributed by atoms with E-state index >= 15 is 0 Å². The number of hydrazine groups is 1. The molecule has 6 nitrogen and oxygen atoms in total. The molecule has 0 amide bonds. The van der Waals surface area contributed by atoms with Crippen LogP contribution in [0, 0.1) is 6.92 Å². The molecule has 0 aliphatic carbocycles. The summed E-state index contributed by atoms with van der Waals surface area (Å²) in [5, 5.41) is 2.27. The fourth-order valence-electron chi connectivity index (χ4n) is 4.33. The summed E-state index contributed by atoms with van der Waals surface area (Å²) < 4.78 is 31.6. The average molecular weight is 484 g/mol. The molecule has 1 saturated heterocycles. The monoisotopic (exact) mass is 483 g/mol. The first-order valence-electron chi connectivity index (χ1n) is 10.7. The molecule has 0 bridgehead atoms. The normalized spacial score (nSPS) is 19.0. The van der Waals surface area contributed by atoms with E-state index in [9.17, 15) is 8.42 Å². The Kier molecular flexibility index (Phi) is 6.47. The van der Waals surface area contributed by atoms with Crippen molar-refractivity contribution in [3.05, 3.63) is 101 Å². The van der Waals surface area contributed by atoms with Gasteiger partial charge in [-0.05, 0) is 46.2 Å². The van der Waals surface area contributed by atoms with Crippen LogP contribution in [0.1, 0.15) is 28.7 Å². The summed E-state index contributed by atoms with van der Waals surface area (Å²) in [7, 11) is -0.333. The van der Waals surface area contributed by atoms with Gasteiger partial charge in [-0.3, -0.25) is 10.3 Å². The molecule has 4 rings (SSSR count). The smallest absolute Gasteiger partial charge is 0.289 e. The van der Waals surface area contributed by atoms with Crippen LogP contribution in [0.5, 0.6) is 0 Å². The Morgan fingerprint density at radius 3 is 2.15 bits per heavy atom. The van der Waals surface area contributed by atoms with Gasteiger partial charge in [-0.2, -0.15) is 5.01 Å². The number of nitrogens with zero attached hydrogens (tertiary/aromatic N) is 3. The van der Waals surface area contributed by atoms with E-state index in [1.54, 1.807) is 60.9 Å². The molecule has 1 fully saturated rings. The lowest BCUT2D eigenvalue weighted by Gasteiger charge is -2.29. The second-order valence-electron chi connectivity index (χ2n) is 8.39. The van der Waals surface area contributed by atoms with E-state index in [0.29, 0.717) is 23.1 Å². The minimum absolute atomic E-state index is 0.148. The van der Waals surface area contributed by atoms with Crippen LogP contribution in [0.25, 0.3) is 0 Å². The van der Waals surface area contributed by atoms with E-state index in [4.69, 9.17) is 17.3 Å². The van der Waals surface area contributed by atoms with Crippen LogP contribution in [0.3, 0.4) is 0 Å². The lowest BCUT2D eigenvalue weighted by atomic mass is 9.89. The molecule has 0 aromatic heterocycles. The van der Waals surface area contributed by atoms with Crippen LogP contribution in [0.4, 0.5) is 0 Å². The van der Waals surface area contributed by atoms with Crippen molar-refractivity contribution in [3.63, 3.8) is 0 Å². The van der Waals surface area contributed by atoms with Crippen LogP contribution >= 0.6 is 11.6 Å². The fourth-order valence-corrected chi connectivity index (χ4v) is 6.36. The molecule has 2 atom stereocenters. The van der Waals surface area contributed by atoms with Gasteiger partial charge in [0.1, 0.15) is 0 Å². The van der Waals surface area contributed by atoms with Gasteiger partial charge in [-0.1, -0.05) is 72.3 Å². The summed E-state index contributed by atoms with van der Waals surface area (Å²) >= 11 is 6.16. The van der Waals surface area contributed by atoms with E-state index in [1.807, 2.05) is 48.5 Å². The van der Waals surface area contributed by atoms with Crippen LogP contribution in [0.2, 0.25) is 5.02 Å². The van der Waals surface area contributed by atoms with Gasteiger partial charge in [-0.25, -0.2) is 8.42 Å². The number of benzene rings is 3. The maximum Gasteiger partial charge on any atom is 0.363 e. The quantitative estimate of drug-likeness (QED) is 0.346. The number of rotatable bonds is 4. The predicted molar refractivity (Wildman–Crippen MR) is 132 cm³/mol. The molecule has 2 unspecified atom stereocenters. The third-order valence-electron chi connectivity index (χ3n) is 6.01. The summed E-state index contributed by atoms with van der Waals surface area (Å²) in [6, 6.07) is 23.8. The molecule has 1 aliphatic heterocycles. The zero-order chi connectivity index (χ0) is 23.8. The Morgan fingerprint density at radius 2 is 1.55 bits per heavy atom. The van der Waals surface area contributed by atoms with Gasteiger partial charge >= 0.3 is 5.96 Å². The van der Waals surface area contributed by atoms with Gasteiger partial charge < -0.3 is 0 Å². The standard InChI is InChI=1S/C25H27ClN4O2S/c1-18-9-7-8-12-23(18)33(31,32)30-24(20-13-15-21(26)16-14-20)22(19-10-5-4-6-11-19)17-29(30)25(27)28(2)3/h4-16,22,24,27H,17H2,1-3H3/p+1. The number of hydrogen-bond acceptors (Lipinski definition) is 2. The fraction of sp³-hybridized carbons (Fsp3) is 0.240. The van der Waals surface area contributed by atoms with E-state index in [0.717, 1.165) is 11.1 Å². The van der Waals surface area contributed by atoms with Gasteiger partial charge in [0, 0.05) is 10.9 Å². The molecular weight excluding hydrogens is 456 g/mol. The first-order chi connectivity index (χ1) is 15.7. The largest absolute Gasteiger partial charge is 0.363 e. The molecule has 0 saturated carbocycles. The zero-order valence-corrected chi connectivity index (χ0v) is 20.5. The number of sulfonamides is 1. The Labute approximate surface area is 200 Å². The SMILES string of the molecule is Cc1ccccc1S(=O)(=O)N1C(c2ccc(Cl)cc2)C(c2ccccc2)CN1C(N)=[N+](C)C. The van der Waals surface area contributed by atoms with Gasteiger partial charge in [0.2, 0.25) is 0 Å². The van der Waals surface area contributed by atoms with Crippen LogP contribution in [-0.2, 0) is 10.0 Å². The molecule has 172 valence electrons. The Bertz CT molecular complexity index is 1270. The second-order valence-corrected chi connectivity index (χ2v) is 10.6. The average Bonchev–Trinajstić information content (AvgIpc) is 3.21. The number of hydrogen-bond donors (Lipinski definition) is 1. The first-order valence-corrected chi connectivity index (χ1v) is 12.5. The third kappa shape index (κ3) is 4.36. The van der Waals surface area contributed by atoms with E-state index < -0.39 is 16.1 Å². The molecule has 8 heteroatoms. The van der Waals surface area contributed by atoms with Gasteiger partial charge in [0.25, 0.3) is 10.0 Å². The number of halogens is 1. The van der Waals surface area contributed by atoms with Gasteiger partial charge in [-0.15, -0.1) is 0 Å². The molecule has 2 N–H and O–H groups in total. The number of nitrogens with two attached hydrogens (primary N) is 1. The summed E-state index contributed by atoms with van der Waals surface area (Å²) in [4.78, 5) is 0.259. The van der Waals surface area contributed by atoms with E-state index in [-0.39, 0.29) is 10.8 Å². The molecule has 1 heterocycles. The Hall–Kier alpha value is -2.87. The molecule has 3 aromatic rings. The number of aryl methyl sites for hydroxylation is 1. The highest BCUT2D eigenvalue weighted by atomic mass is 35.5. The van der Waals surface area contributed by atoms with Gasteiger partial charge in [0.15, 0.2) is 0 Å². The molecular formula is C25H28ClN4O2S+. The van der Waals surface area contributed by atoms with Crippen LogP contribution < -0.4 is 5.73 Å². The second kappa shape index (κ2) is 9.17. The summed E-state index contributed by atoms with van der Waals surface area (Å²) in [5.74, 6) is 0.203. The van der Waals surface area contributed by atoms with Crippen molar-refractivity contribution in [1.82, 2.24) is 9.42 Å². The number of guanidine groups is 1. The van der Waals surface area contributed by atoms with Crippen molar-refractivity contribution in [3.8, 4) is 0 Å². The van der Waals surface area contributed by atoms with Crippen LogP contribution in [-0.4, -0.2) is 49.0 Å². The molecule has 33 heavy (non-hydrogen) atoms. The van der Waals surface area contributed by atoms with E-state index in [1.165, 1.54) is 4.41 Å². The molecule has 3 aromatic carbocycles. The van der Waals surface area contributed by atoms with Crippen LogP contribution in [0.15, 0.2) is 83.8 Å². The summed E-state index contributed by atoms with van der Waals surface area (Å²) in [6.45, 7) is 2.21. The lowest BCUT2D eigenvalue weighted by Crippen LogP contribution is -2.51. The zero-order valence-electron chi connectivity index (χ0n) is 18.9. The maximum atomic E-state index is 14.2. The van der Waals surface area contributed by atoms with Crippen molar-refractivity contribution in [2.75, 3.05) is 20.6 Å². The van der Waals surface area contributed by atoms with Crippen molar-refractivity contribution in [1.29, 1.82) is 0 Å². The van der Waals surface area contributed by atoms with Crippen molar-refractivity contribution >= 4 is 27.6 Å². The minimum atomic E-state index is -3.95. The van der Waals surface area contributed by atoms with Crippen molar-refractivity contribution < 1.29 is 13.0 Å². The highest BCUT2D eigenvalue weighted by molar-refractivity contribution is 7.89. The molecule has 0 radical (unpaired) electrons. The highest BCUT2D eigenvalue weighted by Gasteiger charge is 2.53. The van der Waals surface area contributed by atoms with Crippen molar-refractivity contribution in [2.24, 2.45) is 5.73 Å². The lowest BCUT2D eigenvalue weighted by molar-refractivity contribution is -0.472. The Morgan fingerprint density at radius 1 is 0.939 bits per heavy atom. The van der Waals surface area contributed by atoms with Crippen molar-refractivity contribution in [2.45, 2.75) is 23.8 Å². The molecule has 1 aliphatic rings. The van der Waals surface area contributed by atoms with E-state index in [2.05, 4.69) is 0 Å². The summed E-state index contributed by atoms with van der Waals surface area (Å²) in [5.41, 5.74) is 9.04. The highest BCUT2D eigenvalue weighted by Crippen LogP contribution is 2.46. The minimum Gasteiger partial charge on any atom is -0.289 e. The Balaban J connectivity index is 1.97. The summed E-state index contributed by atoms with van der Waals surface area (Å²) in [6.07, 6.45) is 0.